The van der Waals surface area contributed by atoms with E-state index in [1.54, 1.807) is 0 Å². The quantitative estimate of drug-likeness (QED) is 0.436. The van der Waals surface area contributed by atoms with E-state index >= 15 is 0 Å². The standard InChI is InChI=1S/C25H29N3/c1-14-7-9-23-20(11-14)21-12-15(2)8-10-24(21)28(23)27-13-22-16(3)18(5)25(26)19(6)17(22)4/h7-12,27H,13,26H2,1-6H3. The predicted octanol–water partition coefficient (Wildman–Crippen LogP) is 5.97. The lowest BCUT2D eigenvalue weighted by atomic mass is 9.92. The second-order valence-corrected chi connectivity index (χ2v) is 8.10. The van der Waals surface area contributed by atoms with E-state index in [0.29, 0.717) is 0 Å². The number of aromatic nitrogens is 1. The summed E-state index contributed by atoms with van der Waals surface area (Å²) in [5, 5.41) is 2.59. The molecule has 0 saturated heterocycles. The third-order valence-electron chi connectivity index (χ3n) is 6.33. The van der Waals surface area contributed by atoms with Crippen LogP contribution in [0.1, 0.15) is 38.9 Å². The minimum atomic E-state index is 0.764. The van der Waals surface area contributed by atoms with Gasteiger partial charge in [0, 0.05) is 16.5 Å². The number of nitrogen functional groups attached to an aromatic ring is 1. The largest absolute Gasteiger partial charge is 0.398 e. The highest BCUT2D eigenvalue weighted by molar-refractivity contribution is 6.08. The van der Waals surface area contributed by atoms with Crippen LogP contribution in [-0.2, 0) is 6.54 Å². The normalized spacial score (nSPS) is 11.5. The van der Waals surface area contributed by atoms with Crippen molar-refractivity contribution < 1.29 is 0 Å². The fourth-order valence-electron chi connectivity index (χ4n) is 4.26. The summed E-state index contributed by atoms with van der Waals surface area (Å²) >= 11 is 0. The van der Waals surface area contributed by atoms with Gasteiger partial charge in [-0.3, -0.25) is 4.68 Å². The maximum Gasteiger partial charge on any atom is 0.0706 e. The summed E-state index contributed by atoms with van der Waals surface area (Å²) in [6.45, 7) is 13.7. The molecule has 0 fully saturated rings. The Morgan fingerprint density at radius 3 is 1.64 bits per heavy atom. The molecule has 0 saturated carbocycles. The molecule has 144 valence electrons. The van der Waals surface area contributed by atoms with Crippen molar-refractivity contribution in [3.05, 3.63) is 75.3 Å². The Labute approximate surface area is 167 Å². The number of hydrogen-bond acceptors (Lipinski definition) is 2. The van der Waals surface area contributed by atoms with Gasteiger partial charge in [-0.1, -0.05) is 23.3 Å². The van der Waals surface area contributed by atoms with Crippen molar-refractivity contribution in [3.63, 3.8) is 0 Å². The molecule has 0 amide bonds. The first kappa shape index (κ1) is 18.4. The first-order valence-electron chi connectivity index (χ1n) is 9.89. The molecule has 0 spiro atoms. The van der Waals surface area contributed by atoms with Gasteiger partial charge in [0.1, 0.15) is 0 Å². The molecule has 4 aromatic rings. The van der Waals surface area contributed by atoms with E-state index in [-0.39, 0.29) is 0 Å². The van der Waals surface area contributed by atoms with Crippen LogP contribution in [0.5, 0.6) is 0 Å². The zero-order valence-corrected chi connectivity index (χ0v) is 17.7. The van der Waals surface area contributed by atoms with Crippen LogP contribution in [0.3, 0.4) is 0 Å². The Morgan fingerprint density at radius 1 is 0.714 bits per heavy atom. The maximum atomic E-state index is 6.29. The lowest BCUT2D eigenvalue weighted by Crippen LogP contribution is -2.17. The molecule has 3 heteroatoms. The van der Waals surface area contributed by atoms with Crippen molar-refractivity contribution in [3.8, 4) is 0 Å². The molecule has 4 rings (SSSR count). The van der Waals surface area contributed by atoms with Crippen LogP contribution in [0.2, 0.25) is 0 Å². The minimum absolute atomic E-state index is 0.764. The topological polar surface area (TPSA) is 43.0 Å². The number of benzene rings is 3. The average Bonchev–Trinajstić information content (AvgIpc) is 2.97. The van der Waals surface area contributed by atoms with Gasteiger partial charge in [-0.25, -0.2) is 0 Å². The molecule has 0 aliphatic heterocycles. The highest BCUT2D eigenvalue weighted by Gasteiger charge is 2.15. The van der Waals surface area contributed by atoms with E-state index in [9.17, 15) is 0 Å². The van der Waals surface area contributed by atoms with Crippen LogP contribution in [-0.4, -0.2) is 4.68 Å². The first-order valence-corrected chi connectivity index (χ1v) is 9.89. The second-order valence-electron chi connectivity index (χ2n) is 8.10. The number of nitrogens with two attached hydrogens (primary N) is 1. The molecule has 0 atom stereocenters. The van der Waals surface area contributed by atoms with Crippen molar-refractivity contribution in [1.82, 2.24) is 4.68 Å². The van der Waals surface area contributed by atoms with Crippen LogP contribution < -0.4 is 11.2 Å². The van der Waals surface area contributed by atoms with E-state index in [1.807, 2.05) is 0 Å². The molecule has 0 aliphatic rings. The second kappa shape index (κ2) is 6.59. The number of aryl methyl sites for hydroxylation is 2. The molecule has 28 heavy (non-hydrogen) atoms. The molecule has 0 unspecified atom stereocenters. The molecule has 0 aliphatic carbocycles. The van der Waals surface area contributed by atoms with E-state index < -0.39 is 0 Å². The van der Waals surface area contributed by atoms with Crippen molar-refractivity contribution in [1.29, 1.82) is 0 Å². The Morgan fingerprint density at radius 2 is 1.18 bits per heavy atom. The lowest BCUT2D eigenvalue weighted by molar-refractivity contribution is 0.885. The Kier molecular flexibility index (Phi) is 4.34. The van der Waals surface area contributed by atoms with Crippen LogP contribution in [0.15, 0.2) is 36.4 Å². The van der Waals surface area contributed by atoms with E-state index in [0.717, 1.165) is 12.2 Å². The fraction of sp³-hybridized carbons (Fsp3) is 0.280. The van der Waals surface area contributed by atoms with Gasteiger partial charge in [0.15, 0.2) is 0 Å². The summed E-state index contributed by atoms with van der Waals surface area (Å²) in [4.78, 5) is 0. The van der Waals surface area contributed by atoms with Crippen LogP contribution in [0.25, 0.3) is 21.8 Å². The molecule has 0 bridgehead atoms. The number of nitrogens with zero attached hydrogens (tertiary/aromatic N) is 1. The van der Waals surface area contributed by atoms with Crippen LogP contribution >= 0.6 is 0 Å². The highest BCUT2D eigenvalue weighted by Crippen LogP contribution is 2.31. The van der Waals surface area contributed by atoms with E-state index in [2.05, 4.69) is 88.0 Å². The molecular formula is C25H29N3. The van der Waals surface area contributed by atoms with Crippen LogP contribution in [0, 0.1) is 41.5 Å². The van der Waals surface area contributed by atoms with Crippen molar-refractivity contribution in [2.75, 3.05) is 11.2 Å². The van der Waals surface area contributed by atoms with Gasteiger partial charge >= 0.3 is 0 Å². The summed E-state index contributed by atoms with van der Waals surface area (Å²) < 4.78 is 2.24. The third kappa shape index (κ3) is 2.73. The zero-order valence-electron chi connectivity index (χ0n) is 17.7. The molecule has 3 N–H and O–H groups in total. The summed E-state index contributed by atoms with van der Waals surface area (Å²) in [6, 6.07) is 13.4. The highest BCUT2D eigenvalue weighted by atomic mass is 15.4. The molecule has 1 aromatic heterocycles. The molecule has 1 heterocycles. The van der Waals surface area contributed by atoms with Gasteiger partial charge in [0.25, 0.3) is 0 Å². The lowest BCUT2D eigenvalue weighted by Gasteiger charge is -2.20. The van der Waals surface area contributed by atoms with Crippen molar-refractivity contribution >= 4 is 27.5 Å². The summed E-state index contributed by atoms with van der Waals surface area (Å²) in [5.74, 6) is 0. The zero-order chi connectivity index (χ0) is 20.2. The fourth-order valence-corrected chi connectivity index (χ4v) is 4.26. The van der Waals surface area contributed by atoms with Gasteiger partial charge in [0.05, 0.1) is 17.6 Å². The Bertz CT molecular complexity index is 1140. The van der Waals surface area contributed by atoms with E-state index in [1.165, 1.54) is 60.8 Å². The van der Waals surface area contributed by atoms with Gasteiger partial charge in [-0.05, 0) is 93.6 Å². The summed E-state index contributed by atoms with van der Waals surface area (Å²) in [5.41, 5.74) is 22.2. The molecule has 0 radical (unpaired) electrons. The third-order valence-corrected chi connectivity index (χ3v) is 6.33. The van der Waals surface area contributed by atoms with Gasteiger partial charge in [-0.15, -0.1) is 0 Å². The maximum absolute atomic E-state index is 6.29. The van der Waals surface area contributed by atoms with Crippen LogP contribution in [0.4, 0.5) is 5.69 Å². The van der Waals surface area contributed by atoms with Crippen molar-refractivity contribution in [2.24, 2.45) is 0 Å². The molecular weight excluding hydrogens is 342 g/mol. The minimum Gasteiger partial charge on any atom is -0.398 e. The average molecular weight is 372 g/mol. The number of hydrogen-bond donors (Lipinski definition) is 2. The number of fused-ring (bicyclic) bond motifs is 3. The Balaban J connectivity index is 1.85. The summed E-state index contributed by atoms with van der Waals surface area (Å²) in [6.07, 6.45) is 0. The van der Waals surface area contributed by atoms with Gasteiger partial charge in [0.2, 0.25) is 0 Å². The molecule has 3 aromatic carbocycles. The SMILES string of the molecule is Cc1ccc2c(c1)c1cc(C)ccc1n2NCc1c(C)c(C)c(N)c(C)c1C. The van der Waals surface area contributed by atoms with Crippen molar-refractivity contribution in [2.45, 2.75) is 48.1 Å². The predicted molar refractivity (Wildman–Crippen MR) is 122 cm³/mol. The smallest absolute Gasteiger partial charge is 0.0706 e. The number of anilines is 1. The Hall–Kier alpha value is -2.94. The summed E-state index contributed by atoms with van der Waals surface area (Å²) in [7, 11) is 0. The molecule has 3 nitrogen and oxygen atoms in total. The first-order chi connectivity index (χ1) is 13.3. The number of nitrogens with one attached hydrogen (secondary N) is 1. The van der Waals surface area contributed by atoms with E-state index in [4.69, 9.17) is 5.73 Å². The van der Waals surface area contributed by atoms with Gasteiger partial charge in [-0.2, -0.15) is 0 Å². The monoisotopic (exact) mass is 371 g/mol. The number of rotatable bonds is 3. The van der Waals surface area contributed by atoms with Gasteiger partial charge < -0.3 is 11.2 Å².